The van der Waals surface area contributed by atoms with Crippen molar-refractivity contribution in [2.75, 3.05) is 7.05 Å². The van der Waals surface area contributed by atoms with Crippen molar-refractivity contribution < 1.29 is 9.59 Å². The van der Waals surface area contributed by atoms with Crippen molar-refractivity contribution in [1.29, 1.82) is 0 Å². The van der Waals surface area contributed by atoms with Crippen molar-refractivity contribution in [3.8, 4) is 34.2 Å². The summed E-state index contributed by atoms with van der Waals surface area (Å²) in [5.41, 5.74) is 3.48. The predicted octanol–water partition coefficient (Wildman–Crippen LogP) is 5.25. The van der Waals surface area contributed by atoms with E-state index in [0.29, 0.717) is 34.0 Å². The molecule has 2 heterocycles. The third-order valence-corrected chi connectivity index (χ3v) is 6.05. The van der Waals surface area contributed by atoms with E-state index in [1.165, 1.54) is 7.05 Å². The number of amides is 2. The molecule has 0 saturated carbocycles. The SMILES string of the molecule is CN1C(=O)c2cccc3c(-c4nc(-c5ccccc5)nc(-c5ccccc5)n4)ccc(c23)C1=O. The van der Waals surface area contributed by atoms with E-state index in [1.54, 1.807) is 12.1 Å². The number of nitrogens with zero attached hydrogens (tertiary/aromatic N) is 4. The minimum Gasteiger partial charge on any atom is -0.277 e. The highest BCUT2D eigenvalue weighted by Crippen LogP contribution is 2.36. The highest BCUT2D eigenvalue weighted by molar-refractivity contribution is 6.26. The molecule has 0 bridgehead atoms. The monoisotopic (exact) mass is 442 g/mol. The summed E-state index contributed by atoms with van der Waals surface area (Å²) in [6.07, 6.45) is 0. The molecule has 0 fully saturated rings. The number of hydrogen-bond donors (Lipinski definition) is 0. The third-order valence-electron chi connectivity index (χ3n) is 6.05. The Kier molecular flexibility index (Phi) is 4.52. The van der Waals surface area contributed by atoms with Crippen molar-refractivity contribution >= 4 is 22.6 Å². The van der Waals surface area contributed by atoms with Crippen LogP contribution in [0.5, 0.6) is 0 Å². The predicted molar refractivity (Wildman–Crippen MR) is 130 cm³/mol. The van der Waals surface area contributed by atoms with Crippen LogP contribution in [-0.4, -0.2) is 38.7 Å². The summed E-state index contributed by atoms with van der Waals surface area (Å²) in [5.74, 6) is 0.959. The van der Waals surface area contributed by atoms with Crippen LogP contribution < -0.4 is 0 Å². The van der Waals surface area contributed by atoms with Gasteiger partial charge in [0.05, 0.1) is 0 Å². The standard InChI is InChI=1S/C28H18N4O2/c1-32-27(33)21-14-8-13-19-20(15-16-22(23(19)21)28(32)34)26-30-24(17-9-4-2-5-10-17)29-25(31-26)18-11-6-3-7-12-18/h2-16H,1H3. The van der Waals surface area contributed by atoms with Crippen LogP contribution in [0.2, 0.25) is 0 Å². The number of benzene rings is 4. The van der Waals surface area contributed by atoms with Crippen LogP contribution in [0.3, 0.4) is 0 Å². The van der Waals surface area contributed by atoms with Crippen molar-refractivity contribution in [1.82, 2.24) is 19.9 Å². The van der Waals surface area contributed by atoms with E-state index in [0.717, 1.165) is 27.0 Å². The Balaban J connectivity index is 1.64. The highest BCUT2D eigenvalue weighted by atomic mass is 16.2. The second-order valence-corrected chi connectivity index (χ2v) is 8.10. The third kappa shape index (κ3) is 3.08. The molecule has 1 aliphatic rings. The fourth-order valence-electron chi connectivity index (χ4n) is 4.34. The van der Waals surface area contributed by atoms with Crippen LogP contribution in [0.4, 0.5) is 0 Å². The zero-order valence-electron chi connectivity index (χ0n) is 18.3. The molecule has 5 aromatic rings. The first-order valence-corrected chi connectivity index (χ1v) is 10.9. The van der Waals surface area contributed by atoms with Crippen molar-refractivity contribution in [3.05, 3.63) is 102 Å². The lowest BCUT2D eigenvalue weighted by molar-refractivity contribution is 0.0650. The molecule has 0 radical (unpaired) electrons. The zero-order chi connectivity index (χ0) is 23.2. The first-order chi connectivity index (χ1) is 16.6. The summed E-state index contributed by atoms with van der Waals surface area (Å²) in [6, 6.07) is 28.6. The Morgan fingerprint density at radius 1 is 0.529 bits per heavy atom. The fraction of sp³-hybridized carbons (Fsp3) is 0.0357. The Bertz CT molecular complexity index is 1520. The van der Waals surface area contributed by atoms with Gasteiger partial charge in [-0.25, -0.2) is 15.0 Å². The average molecular weight is 442 g/mol. The summed E-state index contributed by atoms with van der Waals surface area (Å²) in [5, 5.41) is 1.39. The second kappa shape index (κ2) is 7.71. The quantitative estimate of drug-likeness (QED) is 0.357. The van der Waals surface area contributed by atoms with Crippen LogP contribution in [0, 0.1) is 0 Å². The van der Waals surface area contributed by atoms with Crippen LogP contribution in [0.25, 0.3) is 44.9 Å². The molecule has 162 valence electrons. The van der Waals surface area contributed by atoms with Gasteiger partial charge in [-0.2, -0.15) is 0 Å². The van der Waals surface area contributed by atoms with Crippen LogP contribution in [0.15, 0.2) is 91.0 Å². The van der Waals surface area contributed by atoms with Gasteiger partial charge in [0.15, 0.2) is 17.5 Å². The van der Waals surface area contributed by atoms with Gasteiger partial charge in [-0.05, 0) is 23.6 Å². The molecule has 0 aliphatic carbocycles. The van der Waals surface area contributed by atoms with Crippen LogP contribution in [0.1, 0.15) is 20.7 Å². The van der Waals surface area contributed by atoms with E-state index in [1.807, 2.05) is 78.9 Å². The van der Waals surface area contributed by atoms with Gasteiger partial charge in [0.1, 0.15) is 0 Å². The Morgan fingerprint density at radius 3 is 1.62 bits per heavy atom. The molecule has 0 unspecified atom stereocenters. The van der Waals surface area contributed by atoms with E-state index in [-0.39, 0.29) is 11.8 Å². The summed E-state index contributed by atoms with van der Waals surface area (Å²) in [7, 11) is 1.50. The summed E-state index contributed by atoms with van der Waals surface area (Å²) >= 11 is 0. The number of aromatic nitrogens is 3. The number of carbonyl (C=O) groups is 2. The number of hydrogen-bond acceptors (Lipinski definition) is 5. The van der Waals surface area contributed by atoms with Crippen molar-refractivity contribution in [3.63, 3.8) is 0 Å². The Hall–Kier alpha value is -4.71. The molecule has 6 heteroatoms. The topological polar surface area (TPSA) is 76.1 Å². The lowest BCUT2D eigenvalue weighted by atomic mass is 9.91. The molecule has 1 aliphatic heterocycles. The number of rotatable bonds is 3. The van der Waals surface area contributed by atoms with Crippen LogP contribution in [-0.2, 0) is 0 Å². The molecule has 6 nitrogen and oxygen atoms in total. The van der Waals surface area contributed by atoms with E-state index >= 15 is 0 Å². The minimum atomic E-state index is -0.314. The molecule has 6 rings (SSSR count). The van der Waals surface area contributed by atoms with Gasteiger partial charge in [-0.15, -0.1) is 0 Å². The normalized spacial score (nSPS) is 12.9. The molecular weight excluding hydrogens is 424 g/mol. The molecule has 0 N–H and O–H groups in total. The molecular formula is C28H18N4O2. The molecule has 34 heavy (non-hydrogen) atoms. The summed E-state index contributed by atoms with van der Waals surface area (Å²) in [4.78, 5) is 41.1. The summed E-state index contributed by atoms with van der Waals surface area (Å²) < 4.78 is 0. The smallest absolute Gasteiger partial charge is 0.261 e. The van der Waals surface area contributed by atoms with Gasteiger partial charge < -0.3 is 0 Å². The largest absolute Gasteiger partial charge is 0.277 e. The molecule has 0 atom stereocenters. The first-order valence-electron chi connectivity index (χ1n) is 10.9. The first kappa shape index (κ1) is 19.9. The van der Waals surface area contributed by atoms with Gasteiger partial charge in [0, 0.05) is 40.3 Å². The molecule has 0 saturated heterocycles. The lowest BCUT2D eigenvalue weighted by Gasteiger charge is -2.24. The minimum absolute atomic E-state index is 0.314. The van der Waals surface area contributed by atoms with E-state index in [4.69, 9.17) is 15.0 Å². The van der Waals surface area contributed by atoms with Gasteiger partial charge in [-0.1, -0.05) is 72.8 Å². The van der Waals surface area contributed by atoms with E-state index in [9.17, 15) is 9.59 Å². The highest BCUT2D eigenvalue weighted by Gasteiger charge is 2.31. The molecule has 1 aromatic heterocycles. The molecule has 2 amide bonds. The maximum Gasteiger partial charge on any atom is 0.261 e. The molecule has 0 spiro atoms. The average Bonchev–Trinajstić information content (AvgIpc) is 2.91. The van der Waals surface area contributed by atoms with Crippen molar-refractivity contribution in [2.24, 2.45) is 0 Å². The summed E-state index contributed by atoms with van der Waals surface area (Å²) in [6.45, 7) is 0. The zero-order valence-corrected chi connectivity index (χ0v) is 18.3. The number of imide groups is 1. The van der Waals surface area contributed by atoms with Crippen LogP contribution >= 0.6 is 0 Å². The maximum atomic E-state index is 12.8. The van der Waals surface area contributed by atoms with E-state index in [2.05, 4.69) is 0 Å². The second-order valence-electron chi connectivity index (χ2n) is 8.10. The maximum absolute atomic E-state index is 12.8. The molecule has 4 aromatic carbocycles. The fourth-order valence-corrected chi connectivity index (χ4v) is 4.34. The van der Waals surface area contributed by atoms with Gasteiger partial charge in [0.2, 0.25) is 0 Å². The Labute approximate surface area is 195 Å². The van der Waals surface area contributed by atoms with E-state index < -0.39 is 0 Å². The van der Waals surface area contributed by atoms with Crippen molar-refractivity contribution in [2.45, 2.75) is 0 Å². The van der Waals surface area contributed by atoms with Gasteiger partial charge in [-0.3, -0.25) is 14.5 Å². The van der Waals surface area contributed by atoms with Gasteiger partial charge >= 0.3 is 0 Å². The lowest BCUT2D eigenvalue weighted by Crippen LogP contribution is -2.36. The number of carbonyl (C=O) groups excluding carboxylic acids is 2. The Morgan fingerprint density at radius 2 is 1.03 bits per heavy atom. The van der Waals surface area contributed by atoms with Gasteiger partial charge in [0.25, 0.3) is 11.8 Å².